The molecule has 0 amide bonds. The third kappa shape index (κ3) is 2.61. The van der Waals surface area contributed by atoms with E-state index < -0.39 is 5.60 Å². The Morgan fingerprint density at radius 2 is 1.81 bits per heavy atom. The lowest BCUT2D eigenvalue weighted by Crippen LogP contribution is -2.45. The molecule has 110 valence electrons. The van der Waals surface area contributed by atoms with Crippen molar-refractivity contribution in [2.24, 2.45) is 0 Å². The van der Waals surface area contributed by atoms with E-state index in [2.05, 4.69) is 36.5 Å². The number of aliphatic hydroxyl groups is 1. The Balaban J connectivity index is 2.07. The summed E-state index contributed by atoms with van der Waals surface area (Å²) in [6.07, 6.45) is 2.73. The van der Waals surface area contributed by atoms with Crippen LogP contribution in [0.1, 0.15) is 42.5 Å². The molecule has 0 spiro atoms. The summed E-state index contributed by atoms with van der Waals surface area (Å²) in [4.78, 5) is 0. The van der Waals surface area contributed by atoms with Gasteiger partial charge in [0.15, 0.2) is 0 Å². The van der Waals surface area contributed by atoms with Gasteiger partial charge in [-0.1, -0.05) is 67.9 Å². The van der Waals surface area contributed by atoms with Crippen molar-refractivity contribution in [3.63, 3.8) is 0 Å². The summed E-state index contributed by atoms with van der Waals surface area (Å²) in [6.45, 7) is 3.04. The molecular weight excluding hydrogens is 258 g/mol. The molecule has 0 saturated heterocycles. The Morgan fingerprint density at radius 3 is 2.57 bits per heavy atom. The van der Waals surface area contributed by atoms with E-state index in [1.54, 1.807) is 0 Å². The van der Waals surface area contributed by atoms with Crippen molar-refractivity contribution in [2.45, 2.75) is 37.8 Å². The van der Waals surface area contributed by atoms with Gasteiger partial charge in [0.2, 0.25) is 0 Å². The monoisotopic (exact) mass is 281 g/mol. The Kier molecular flexibility index (Phi) is 4.09. The van der Waals surface area contributed by atoms with Crippen molar-refractivity contribution in [3.05, 3.63) is 71.3 Å². The third-order valence-electron chi connectivity index (χ3n) is 4.49. The van der Waals surface area contributed by atoms with Crippen molar-refractivity contribution in [2.75, 3.05) is 6.54 Å². The molecule has 2 N–H and O–H groups in total. The van der Waals surface area contributed by atoms with Crippen LogP contribution in [0.2, 0.25) is 0 Å². The van der Waals surface area contributed by atoms with Crippen LogP contribution in [0.25, 0.3) is 0 Å². The van der Waals surface area contributed by atoms with Gasteiger partial charge in [-0.2, -0.15) is 0 Å². The third-order valence-corrected chi connectivity index (χ3v) is 4.49. The predicted octanol–water partition coefficient (Wildman–Crippen LogP) is 3.56. The normalized spacial score (nSPS) is 20.6. The average Bonchev–Trinajstić information content (AvgIpc) is 2.55. The van der Waals surface area contributed by atoms with Crippen LogP contribution in [-0.4, -0.2) is 11.7 Å². The van der Waals surface area contributed by atoms with Crippen LogP contribution in [0.5, 0.6) is 0 Å². The zero-order valence-corrected chi connectivity index (χ0v) is 12.5. The van der Waals surface area contributed by atoms with Gasteiger partial charge in [0.25, 0.3) is 0 Å². The second-order valence-corrected chi connectivity index (χ2v) is 5.88. The Bertz CT molecular complexity index is 596. The molecule has 0 bridgehead atoms. The van der Waals surface area contributed by atoms with Gasteiger partial charge in [-0.3, -0.25) is 0 Å². The van der Waals surface area contributed by atoms with Crippen LogP contribution in [0, 0.1) is 0 Å². The van der Waals surface area contributed by atoms with E-state index in [9.17, 15) is 5.11 Å². The molecule has 0 radical (unpaired) electrons. The average molecular weight is 281 g/mol. The van der Waals surface area contributed by atoms with Crippen molar-refractivity contribution < 1.29 is 5.11 Å². The van der Waals surface area contributed by atoms with E-state index in [0.717, 1.165) is 31.4 Å². The van der Waals surface area contributed by atoms with Crippen LogP contribution in [-0.2, 0) is 12.0 Å². The molecule has 1 heterocycles. The van der Waals surface area contributed by atoms with Gasteiger partial charge >= 0.3 is 0 Å². The van der Waals surface area contributed by atoms with E-state index in [1.807, 2.05) is 30.3 Å². The van der Waals surface area contributed by atoms with Gasteiger partial charge in [0, 0.05) is 0 Å². The molecule has 1 aliphatic heterocycles. The first-order valence-electron chi connectivity index (χ1n) is 7.85. The number of hydrogen-bond acceptors (Lipinski definition) is 2. The van der Waals surface area contributed by atoms with E-state index in [4.69, 9.17) is 0 Å². The summed E-state index contributed by atoms with van der Waals surface area (Å²) in [5.41, 5.74) is 2.74. The Morgan fingerprint density at radius 1 is 1.10 bits per heavy atom. The molecule has 0 aromatic heterocycles. The summed E-state index contributed by atoms with van der Waals surface area (Å²) in [5, 5.41) is 15.0. The van der Waals surface area contributed by atoms with E-state index in [-0.39, 0.29) is 6.04 Å². The summed E-state index contributed by atoms with van der Waals surface area (Å²) in [6, 6.07) is 18.5. The van der Waals surface area contributed by atoms with Crippen molar-refractivity contribution in [3.8, 4) is 0 Å². The number of nitrogens with one attached hydrogen (secondary N) is 1. The first-order chi connectivity index (χ1) is 10.3. The SMILES string of the molecule is CCCC(O)(c1ccccc1)C1NCCc2ccccc21. The minimum Gasteiger partial charge on any atom is -0.383 e. The molecule has 0 fully saturated rings. The van der Waals surface area contributed by atoms with Gasteiger partial charge in [0.05, 0.1) is 6.04 Å². The van der Waals surface area contributed by atoms with E-state index >= 15 is 0 Å². The molecule has 0 aliphatic carbocycles. The number of fused-ring (bicyclic) bond motifs is 1. The summed E-state index contributed by atoms with van der Waals surface area (Å²) in [5.74, 6) is 0. The second-order valence-electron chi connectivity index (χ2n) is 5.88. The van der Waals surface area contributed by atoms with Crippen molar-refractivity contribution in [1.82, 2.24) is 5.32 Å². The van der Waals surface area contributed by atoms with Crippen LogP contribution in [0.3, 0.4) is 0 Å². The molecule has 2 unspecified atom stereocenters. The van der Waals surface area contributed by atoms with Gasteiger partial charge in [-0.15, -0.1) is 0 Å². The molecule has 2 atom stereocenters. The van der Waals surface area contributed by atoms with Gasteiger partial charge in [-0.25, -0.2) is 0 Å². The minimum absolute atomic E-state index is 0.0372. The topological polar surface area (TPSA) is 32.3 Å². The van der Waals surface area contributed by atoms with Crippen molar-refractivity contribution in [1.29, 1.82) is 0 Å². The molecule has 2 nitrogen and oxygen atoms in total. The van der Waals surface area contributed by atoms with Crippen LogP contribution in [0.15, 0.2) is 54.6 Å². The zero-order valence-electron chi connectivity index (χ0n) is 12.5. The quantitative estimate of drug-likeness (QED) is 0.898. The highest BCUT2D eigenvalue weighted by molar-refractivity contribution is 5.37. The molecule has 3 rings (SSSR count). The molecular formula is C19H23NO. The fourth-order valence-electron chi connectivity index (χ4n) is 3.49. The van der Waals surface area contributed by atoms with Crippen LogP contribution < -0.4 is 5.32 Å². The number of hydrogen-bond donors (Lipinski definition) is 2. The maximum absolute atomic E-state index is 11.5. The zero-order chi connectivity index (χ0) is 14.7. The second kappa shape index (κ2) is 6.00. The number of benzene rings is 2. The largest absolute Gasteiger partial charge is 0.383 e. The lowest BCUT2D eigenvalue weighted by molar-refractivity contribution is -0.0157. The maximum Gasteiger partial charge on any atom is 0.109 e. The maximum atomic E-state index is 11.5. The fourth-order valence-corrected chi connectivity index (χ4v) is 3.49. The molecule has 2 aromatic carbocycles. The van der Waals surface area contributed by atoms with Crippen molar-refractivity contribution >= 4 is 0 Å². The Labute approximate surface area is 126 Å². The smallest absolute Gasteiger partial charge is 0.109 e. The molecule has 0 saturated carbocycles. The summed E-state index contributed by atoms with van der Waals surface area (Å²) < 4.78 is 0. The van der Waals surface area contributed by atoms with Gasteiger partial charge < -0.3 is 10.4 Å². The molecule has 2 aromatic rings. The predicted molar refractivity (Wildman–Crippen MR) is 86.1 cm³/mol. The fraction of sp³-hybridized carbons (Fsp3) is 0.368. The standard InChI is InChI=1S/C19H23NO/c1-2-13-19(21,16-9-4-3-5-10-16)18-17-11-7-6-8-15(17)12-14-20-18/h3-11,18,20-21H,2,12-14H2,1H3. The Hall–Kier alpha value is -1.64. The first-order valence-corrected chi connectivity index (χ1v) is 7.85. The lowest BCUT2D eigenvalue weighted by Gasteiger charge is -2.40. The lowest BCUT2D eigenvalue weighted by atomic mass is 9.76. The summed E-state index contributed by atoms with van der Waals surface area (Å²) >= 11 is 0. The first kappa shape index (κ1) is 14.3. The van der Waals surface area contributed by atoms with E-state index in [0.29, 0.717) is 0 Å². The molecule has 1 aliphatic rings. The highest BCUT2D eigenvalue weighted by Gasteiger charge is 2.40. The van der Waals surface area contributed by atoms with Crippen LogP contribution in [0.4, 0.5) is 0 Å². The van der Waals surface area contributed by atoms with Crippen LogP contribution >= 0.6 is 0 Å². The highest BCUT2D eigenvalue weighted by Crippen LogP contribution is 2.41. The van der Waals surface area contributed by atoms with Gasteiger partial charge in [-0.05, 0) is 36.1 Å². The summed E-state index contributed by atoms with van der Waals surface area (Å²) in [7, 11) is 0. The highest BCUT2D eigenvalue weighted by atomic mass is 16.3. The molecule has 21 heavy (non-hydrogen) atoms. The van der Waals surface area contributed by atoms with Gasteiger partial charge in [0.1, 0.15) is 5.60 Å². The minimum atomic E-state index is -0.855. The molecule has 2 heteroatoms. The number of rotatable bonds is 4. The van der Waals surface area contributed by atoms with E-state index in [1.165, 1.54) is 11.1 Å².